The maximum absolute atomic E-state index is 5.77. The molecule has 3 heteroatoms. The summed E-state index contributed by atoms with van der Waals surface area (Å²) in [6.45, 7) is 5.49. The second-order valence-corrected chi connectivity index (χ2v) is 4.54. The molecule has 88 valence electrons. The molecule has 16 heavy (non-hydrogen) atoms. The molecule has 0 atom stereocenters. The number of aryl methyl sites for hydroxylation is 1. The van der Waals surface area contributed by atoms with Gasteiger partial charge in [0.05, 0.1) is 0 Å². The summed E-state index contributed by atoms with van der Waals surface area (Å²) in [7, 11) is 1.94. The van der Waals surface area contributed by atoms with Crippen LogP contribution in [0.25, 0.3) is 0 Å². The maximum Gasteiger partial charge on any atom is 0.127 e. The molecule has 0 saturated carbocycles. The number of benzene rings is 1. The molecule has 1 rings (SSSR count). The lowest BCUT2D eigenvalue weighted by Crippen LogP contribution is -2.08. The van der Waals surface area contributed by atoms with E-state index in [1.807, 2.05) is 26.1 Å². The number of hydrogen-bond donors (Lipinski definition) is 1. The normalized spacial score (nSPS) is 11.0. The lowest BCUT2D eigenvalue weighted by Gasteiger charge is -2.13. The average molecular weight is 284 g/mol. The van der Waals surface area contributed by atoms with Crippen LogP contribution in [0.4, 0.5) is 0 Å². The van der Waals surface area contributed by atoms with Crippen LogP contribution in [-0.2, 0) is 6.54 Å². The van der Waals surface area contributed by atoms with Gasteiger partial charge in [0.2, 0.25) is 0 Å². The maximum atomic E-state index is 5.77. The van der Waals surface area contributed by atoms with Crippen molar-refractivity contribution in [2.75, 3.05) is 13.7 Å². The van der Waals surface area contributed by atoms with E-state index < -0.39 is 0 Å². The van der Waals surface area contributed by atoms with E-state index in [0.29, 0.717) is 6.61 Å². The fourth-order valence-corrected chi connectivity index (χ4v) is 2.17. The molecule has 0 aliphatic rings. The van der Waals surface area contributed by atoms with Crippen LogP contribution in [0.5, 0.6) is 5.75 Å². The van der Waals surface area contributed by atoms with E-state index in [4.69, 9.17) is 4.74 Å². The van der Waals surface area contributed by atoms with E-state index in [1.165, 1.54) is 5.56 Å². The van der Waals surface area contributed by atoms with Crippen molar-refractivity contribution in [3.05, 3.63) is 39.9 Å². The van der Waals surface area contributed by atoms with Gasteiger partial charge in [-0.2, -0.15) is 0 Å². The summed E-state index contributed by atoms with van der Waals surface area (Å²) in [5, 5.41) is 3.15. The van der Waals surface area contributed by atoms with Crippen LogP contribution in [0.15, 0.2) is 28.8 Å². The molecule has 1 aromatic rings. The third-order valence-corrected chi connectivity index (χ3v) is 2.70. The number of rotatable bonds is 5. The highest BCUT2D eigenvalue weighted by Gasteiger charge is 2.07. The Bertz CT molecular complexity index is 374. The van der Waals surface area contributed by atoms with Crippen molar-refractivity contribution in [3.8, 4) is 5.75 Å². The molecule has 0 amide bonds. The van der Waals surface area contributed by atoms with Crippen LogP contribution in [0.2, 0.25) is 0 Å². The Labute approximate surface area is 106 Å². The number of ether oxygens (including phenoxy) is 1. The fraction of sp³-hybridized carbons (Fsp3) is 0.385. The minimum atomic E-state index is 0.621. The Balaban J connectivity index is 2.94. The molecule has 2 nitrogen and oxygen atoms in total. The number of allylic oxidation sites excluding steroid dienone is 1. The van der Waals surface area contributed by atoms with Gasteiger partial charge in [-0.25, -0.2) is 0 Å². The Kier molecular flexibility index (Phi) is 5.56. The van der Waals surface area contributed by atoms with E-state index in [1.54, 1.807) is 0 Å². The summed E-state index contributed by atoms with van der Waals surface area (Å²) >= 11 is 3.50. The van der Waals surface area contributed by atoms with Gasteiger partial charge in [-0.3, -0.25) is 0 Å². The van der Waals surface area contributed by atoms with Crippen molar-refractivity contribution in [2.24, 2.45) is 0 Å². The van der Waals surface area contributed by atoms with Crippen LogP contribution in [0.3, 0.4) is 0 Å². The second kappa shape index (κ2) is 6.71. The average Bonchev–Trinajstić information content (AvgIpc) is 2.22. The van der Waals surface area contributed by atoms with Crippen molar-refractivity contribution in [2.45, 2.75) is 20.4 Å². The zero-order chi connectivity index (χ0) is 12.0. The summed E-state index contributed by atoms with van der Waals surface area (Å²) in [5.41, 5.74) is 2.34. The molecule has 0 aliphatic carbocycles. The minimum Gasteiger partial charge on any atom is -0.489 e. The lowest BCUT2D eigenvalue weighted by molar-refractivity contribution is 0.355. The van der Waals surface area contributed by atoms with E-state index in [0.717, 1.165) is 22.3 Å². The fourth-order valence-electron chi connectivity index (χ4n) is 1.56. The summed E-state index contributed by atoms with van der Waals surface area (Å²) in [6, 6.07) is 4.17. The molecular weight excluding hydrogens is 266 g/mol. The van der Waals surface area contributed by atoms with Crippen LogP contribution < -0.4 is 10.1 Å². The van der Waals surface area contributed by atoms with Crippen LogP contribution in [-0.4, -0.2) is 13.7 Å². The van der Waals surface area contributed by atoms with Crippen molar-refractivity contribution >= 4 is 15.9 Å². The molecule has 0 saturated heterocycles. The molecule has 0 spiro atoms. The number of nitrogens with one attached hydrogen (secondary N) is 1. The van der Waals surface area contributed by atoms with Gasteiger partial charge in [-0.05, 0) is 38.6 Å². The smallest absolute Gasteiger partial charge is 0.127 e. The molecule has 1 aromatic carbocycles. The van der Waals surface area contributed by atoms with Crippen molar-refractivity contribution in [1.82, 2.24) is 5.32 Å². The van der Waals surface area contributed by atoms with Crippen molar-refractivity contribution in [1.29, 1.82) is 0 Å². The Hall–Kier alpha value is -0.800. The van der Waals surface area contributed by atoms with Gasteiger partial charge in [0.1, 0.15) is 12.4 Å². The minimum absolute atomic E-state index is 0.621. The molecule has 0 bridgehead atoms. The third-order valence-electron chi connectivity index (χ3n) is 2.24. The van der Waals surface area contributed by atoms with Crippen molar-refractivity contribution in [3.63, 3.8) is 0 Å². The van der Waals surface area contributed by atoms with Gasteiger partial charge in [0.25, 0.3) is 0 Å². The standard InChI is InChI=1S/C13H18BrNO/c1-4-5-6-16-13-10(2)7-12(14)8-11(13)9-15-3/h4-5,7-8,15H,6,9H2,1-3H3/b5-4+. The van der Waals surface area contributed by atoms with Gasteiger partial charge < -0.3 is 10.1 Å². The molecule has 1 N–H and O–H groups in total. The number of halogens is 1. The molecule has 0 radical (unpaired) electrons. The van der Waals surface area contributed by atoms with Gasteiger partial charge in [0, 0.05) is 16.6 Å². The predicted molar refractivity (Wildman–Crippen MR) is 72.0 cm³/mol. The Morgan fingerprint density at radius 3 is 2.81 bits per heavy atom. The largest absolute Gasteiger partial charge is 0.489 e. The zero-order valence-electron chi connectivity index (χ0n) is 10.0. The molecule has 0 aromatic heterocycles. The molecular formula is C13H18BrNO. The summed E-state index contributed by atoms with van der Waals surface area (Å²) < 4.78 is 6.86. The lowest BCUT2D eigenvalue weighted by atomic mass is 10.1. The van der Waals surface area contributed by atoms with Gasteiger partial charge in [-0.15, -0.1) is 0 Å². The summed E-state index contributed by atoms with van der Waals surface area (Å²) in [4.78, 5) is 0. The van der Waals surface area contributed by atoms with Gasteiger partial charge in [0.15, 0.2) is 0 Å². The molecule has 0 unspecified atom stereocenters. The molecule has 0 aliphatic heterocycles. The highest BCUT2D eigenvalue weighted by atomic mass is 79.9. The van der Waals surface area contributed by atoms with Gasteiger partial charge >= 0.3 is 0 Å². The quantitative estimate of drug-likeness (QED) is 0.836. The second-order valence-electron chi connectivity index (χ2n) is 3.62. The first-order valence-electron chi connectivity index (χ1n) is 5.36. The third kappa shape index (κ3) is 3.65. The molecule has 0 heterocycles. The topological polar surface area (TPSA) is 21.3 Å². The van der Waals surface area contributed by atoms with Crippen molar-refractivity contribution < 1.29 is 4.74 Å². The predicted octanol–water partition coefficient (Wildman–Crippen LogP) is 3.43. The first-order chi connectivity index (χ1) is 7.69. The first-order valence-corrected chi connectivity index (χ1v) is 6.16. The monoisotopic (exact) mass is 283 g/mol. The molecule has 0 fully saturated rings. The Morgan fingerprint density at radius 1 is 1.44 bits per heavy atom. The van der Waals surface area contributed by atoms with E-state index in [9.17, 15) is 0 Å². The first kappa shape index (κ1) is 13.3. The Morgan fingerprint density at radius 2 is 2.19 bits per heavy atom. The summed E-state index contributed by atoms with van der Waals surface area (Å²) in [5.74, 6) is 0.982. The van der Waals surface area contributed by atoms with Gasteiger partial charge in [-0.1, -0.05) is 28.1 Å². The SMILES string of the molecule is C/C=C/COc1c(C)cc(Br)cc1CNC. The van der Waals surface area contributed by atoms with E-state index >= 15 is 0 Å². The highest BCUT2D eigenvalue weighted by Crippen LogP contribution is 2.28. The number of hydrogen-bond acceptors (Lipinski definition) is 2. The van der Waals surface area contributed by atoms with Crippen LogP contribution >= 0.6 is 15.9 Å². The van der Waals surface area contributed by atoms with E-state index in [2.05, 4.69) is 40.3 Å². The van der Waals surface area contributed by atoms with E-state index in [-0.39, 0.29) is 0 Å². The van der Waals surface area contributed by atoms with Crippen LogP contribution in [0, 0.1) is 6.92 Å². The van der Waals surface area contributed by atoms with Crippen LogP contribution in [0.1, 0.15) is 18.1 Å². The highest BCUT2D eigenvalue weighted by molar-refractivity contribution is 9.10. The summed E-state index contributed by atoms with van der Waals surface area (Å²) in [6.07, 6.45) is 4.00. The zero-order valence-corrected chi connectivity index (χ0v) is 11.6.